The summed E-state index contributed by atoms with van der Waals surface area (Å²) in [7, 11) is 0. The second-order valence-corrected chi connectivity index (χ2v) is 5.49. The van der Waals surface area contributed by atoms with E-state index in [2.05, 4.69) is 21.7 Å². The Bertz CT molecular complexity index is 720. The van der Waals surface area contributed by atoms with Crippen molar-refractivity contribution in [2.24, 2.45) is 0 Å². The van der Waals surface area contributed by atoms with E-state index in [1.54, 1.807) is 0 Å². The van der Waals surface area contributed by atoms with Gasteiger partial charge in [-0.15, -0.1) is 0 Å². The predicted molar refractivity (Wildman–Crippen MR) is 90.1 cm³/mol. The molecule has 0 fully saturated rings. The van der Waals surface area contributed by atoms with Crippen LogP contribution >= 0.6 is 0 Å². The van der Waals surface area contributed by atoms with E-state index in [1.165, 1.54) is 24.3 Å². The lowest BCUT2D eigenvalue weighted by molar-refractivity contribution is -0.403. The van der Waals surface area contributed by atoms with Crippen LogP contribution in [-0.4, -0.2) is 59.4 Å². The number of hydrogen-bond donors (Lipinski definition) is 5. The number of carbonyl (C=O) groups is 4. The number of aliphatic carboxylic acids is 1. The van der Waals surface area contributed by atoms with Crippen LogP contribution in [0.2, 0.25) is 0 Å². The fourth-order valence-electron chi connectivity index (χ4n) is 1.92. The average molecular weight is 382 g/mol. The molecule has 1 unspecified atom stereocenters. The van der Waals surface area contributed by atoms with Gasteiger partial charge in [0.15, 0.2) is 6.04 Å². The molecule has 1 rings (SSSR count). The summed E-state index contributed by atoms with van der Waals surface area (Å²) >= 11 is 0. The standard InChI is InChI=1S/C15H19N5O7/c16-11(5-9-1-3-10(4-2-9)20(26)27)15(25)19-7-13(22)17-6-12(21)18-8-14(23)24/h1-4,11H,5-8,16H2,(H,17,22)(H,18,21)(H,19,25)(H,23,24)/p+1. The molecule has 146 valence electrons. The monoisotopic (exact) mass is 382 g/mol. The van der Waals surface area contributed by atoms with Crippen LogP contribution < -0.4 is 21.7 Å². The lowest BCUT2D eigenvalue weighted by Crippen LogP contribution is -2.68. The summed E-state index contributed by atoms with van der Waals surface area (Å²) in [4.78, 5) is 55.1. The highest BCUT2D eigenvalue weighted by atomic mass is 16.6. The minimum Gasteiger partial charge on any atom is -0.480 e. The number of nitrogens with one attached hydrogen (secondary N) is 3. The lowest BCUT2D eigenvalue weighted by Gasteiger charge is -2.10. The molecule has 0 aliphatic carbocycles. The van der Waals surface area contributed by atoms with E-state index in [0.29, 0.717) is 5.56 Å². The zero-order valence-electron chi connectivity index (χ0n) is 14.3. The molecule has 0 radical (unpaired) electrons. The number of nitrogens with zero attached hydrogens (tertiary/aromatic N) is 1. The van der Waals surface area contributed by atoms with Gasteiger partial charge in [-0.1, -0.05) is 12.1 Å². The number of hydrogen-bond acceptors (Lipinski definition) is 6. The maximum Gasteiger partial charge on any atom is 0.322 e. The van der Waals surface area contributed by atoms with Crippen molar-refractivity contribution in [1.82, 2.24) is 16.0 Å². The van der Waals surface area contributed by atoms with Gasteiger partial charge in [-0.2, -0.15) is 0 Å². The van der Waals surface area contributed by atoms with E-state index in [9.17, 15) is 29.3 Å². The molecule has 12 nitrogen and oxygen atoms in total. The number of rotatable bonds is 10. The molecular formula is C15H20N5O7+. The summed E-state index contributed by atoms with van der Waals surface area (Å²) in [5.74, 6) is -3.02. The van der Waals surface area contributed by atoms with Crippen molar-refractivity contribution < 1.29 is 34.9 Å². The van der Waals surface area contributed by atoms with Crippen molar-refractivity contribution in [2.75, 3.05) is 19.6 Å². The number of quaternary nitrogens is 1. The molecule has 0 aliphatic heterocycles. The Balaban J connectivity index is 2.33. The topological polar surface area (TPSA) is 195 Å². The second-order valence-electron chi connectivity index (χ2n) is 5.49. The van der Waals surface area contributed by atoms with Crippen LogP contribution in [0.25, 0.3) is 0 Å². The smallest absolute Gasteiger partial charge is 0.322 e. The molecular weight excluding hydrogens is 362 g/mol. The van der Waals surface area contributed by atoms with E-state index in [4.69, 9.17) is 5.11 Å². The molecule has 1 atom stereocenters. The first-order chi connectivity index (χ1) is 12.7. The van der Waals surface area contributed by atoms with Crippen LogP contribution in [0.3, 0.4) is 0 Å². The van der Waals surface area contributed by atoms with Gasteiger partial charge in [0.25, 0.3) is 11.6 Å². The van der Waals surface area contributed by atoms with E-state index >= 15 is 0 Å². The molecule has 0 spiro atoms. The lowest BCUT2D eigenvalue weighted by atomic mass is 10.1. The molecule has 0 aromatic heterocycles. The van der Waals surface area contributed by atoms with Gasteiger partial charge in [-0.3, -0.25) is 29.3 Å². The highest BCUT2D eigenvalue weighted by Gasteiger charge is 2.19. The molecule has 1 aromatic carbocycles. The zero-order chi connectivity index (χ0) is 20.4. The van der Waals surface area contributed by atoms with Crippen molar-refractivity contribution in [3.05, 3.63) is 39.9 Å². The first kappa shape index (κ1) is 21.5. The minimum absolute atomic E-state index is 0.0622. The van der Waals surface area contributed by atoms with E-state index in [-0.39, 0.29) is 18.7 Å². The molecule has 0 saturated carbocycles. The van der Waals surface area contributed by atoms with E-state index in [1.807, 2.05) is 0 Å². The molecule has 12 heteroatoms. The molecule has 0 aliphatic rings. The Morgan fingerprint density at radius 3 is 2.04 bits per heavy atom. The van der Waals surface area contributed by atoms with Crippen LogP contribution in [0.4, 0.5) is 5.69 Å². The van der Waals surface area contributed by atoms with Gasteiger partial charge in [0.2, 0.25) is 11.8 Å². The van der Waals surface area contributed by atoms with Crippen molar-refractivity contribution in [3.8, 4) is 0 Å². The largest absolute Gasteiger partial charge is 0.480 e. The van der Waals surface area contributed by atoms with E-state index < -0.39 is 47.7 Å². The Morgan fingerprint density at radius 2 is 1.52 bits per heavy atom. The fraction of sp³-hybridized carbons (Fsp3) is 0.333. The van der Waals surface area contributed by atoms with Crippen LogP contribution in [0, 0.1) is 10.1 Å². The predicted octanol–water partition coefficient (Wildman–Crippen LogP) is -2.82. The first-order valence-electron chi connectivity index (χ1n) is 7.78. The molecule has 1 aromatic rings. The number of carboxylic acids is 1. The highest BCUT2D eigenvalue weighted by Crippen LogP contribution is 2.12. The average Bonchev–Trinajstić information content (AvgIpc) is 2.62. The number of nitro groups is 1. The quantitative estimate of drug-likeness (QED) is 0.212. The van der Waals surface area contributed by atoms with Gasteiger partial charge in [0.1, 0.15) is 6.54 Å². The number of amides is 3. The number of benzene rings is 1. The third-order valence-electron chi connectivity index (χ3n) is 3.31. The zero-order valence-corrected chi connectivity index (χ0v) is 14.3. The van der Waals surface area contributed by atoms with Crippen LogP contribution in [-0.2, 0) is 25.6 Å². The maximum atomic E-state index is 11.9. The Kier molecular flexibility index (Phi) is 8.32. The third-order valence-corrected chi connectivity index (χ3v) is 3.31. The van der Waals surface area contributed by atoms with Gasteiger partial charge in [0.05, 0.1) is 18.0 Å². The highest BCUT2D eigenvalue weighted by molar-refractivity contribution is 5.89. The molecule has 0 bridgehead atoms. The number of non-ortho nitro benzene ring substituents is 1. The van der Waals surface area contributed by atoms with Crippen LogP contribution in [0.1, 0.15) is 5.56 Å². The number of carbonyl (C=O) groups excluding carboxylic acids is 3. The maximum absolute atomic E-state index is 11.9. The Labute approximate surface area is 153 Å². The summed E-state index contributed by atoms with van der Waals surface area (Å²) in [5, 5.41) is 25.6. The van der Waals surface area contributed by atoms with Gasteiger partial charge < -0.3 is 26.8 Å². The van der Waals surface area contributed by atoms with Gasteiger partial charge in [0, 0.05) is 18.6 Å². The van der Waals surface area contributed by atoms with Gasteiger partial charge in [-0.05, 0) is 5.56 Å². The fourth-order valence-corrected chi connectivity index (χ4v) is 1.92. The van der Waals surface area contributed by atoms with Crippen LogP contribution in [0.15, 0.2) is 24.3 Å². The second kappa shape index (κ2) is 10.5. The minimum atomic E-state index is -1.21. The number of nitro benzene ring substituents is 1. The van der Waals surface area contributed by atoms with Gasteiger partial charge >= 0.3 is 5.97 Å². The van der Waals surface area contributed by atoms with Gasteiger partial charge in [-0.25, -0.2) is 0 Å². The van der Waals surface area contributed by atoms with Crippen molar-refractivity contribution in [3.63, 3.8) is 0 Å². The summed E-state index contributed by atoms with van der Waals surface area (Å²) in [5.41, 5.74) is 4.30. The van der Waals surface area contributed by atoms with Crippen molar-refractivity contribution in [2.45, 2.75) is 12.5 Å². The molecule has 3 amide bonds. The summed E-state index contributed by atoms with van der Waals surface area (Å²) in [6.07, 6.45) is 0.225. The Morgan fingerprint density at radius 1 is 1.00 bits per heavy atom. The SMILES string of the molecule is [NH3+]C(Cc1ccc([N+](=O)[O-])cc1)C(=O)NCC(=O)NCC(=O)NCC(=O)O. The van der Waals surface area contributed by atoms with Crippen LogP contribution in [0.5, 0.6) is 0 Å². The first-order valence-corrected chi connectivity index (χ1v) is 7.78. The molecule has 0 saturated heterocycles. The normalized spacial score (nSPS) is 11.1. The van der Waals surface area contributed by atoms with Crippen molar-refractivity contribution in [1.29, 1.82) is 0 Å². The Hall–Kier alpha value is -3.54. The third kappa shape index (κ3) is 8.40. The number of carboxylic acid groups (broad SMARTS) is 1. The molecule has 0 heterocycles. The molecule has 27 heavy (non-hydrogen) atoms. The summed E-state index contributed by atoms with van der Waals surface area (Å²) in [6, 6.07) is 4.96. The molecule has 7 N–H and O–H groups in total. The summed E-state index contributed by atoms with van der Waals surface area (Å²) in [6.45, 7) is -1.35. The van der Waals surface area contributed by atoms with E-state index in [0.717, 1.165) is 0 Å². The van der Waals surface area contributed by atoms with Crippen molar-refractivity contribution >= 4 is 29.4 Å². The summed E-state index contributed by atoms with van der Waals surface area (Å²) < 4.78 is 0.